The molecule has 0 atom stereocenters. The summed E-state index contributed by atoms with van der Waals surface area (Å²) in [5.41, 5.74) is 0.757. The molecule has 1 aromatic heterocycles. The molecule has 0 spiro atoms. The Morgan fingerprint density at radius 3 is 2.52 bits per heavy atom. The predicted octanol–water partition coefficient (Wildman–Crippen LogP) is 2.48. The molecule has 2 aromatic carbocycles. The van der Waals surface area contributed by atoms with Gasteiger partial charge >= 0.3 is 0 Å². The lowest BCUT2D eigenvalue weighted by Gasteiger charge is -2.11. The number of sulfonamides is 1. The number of aromatic nitrogens is 2. The van der Waals surface area contributed by atoms with Crippen molar-refractivity contribution in [2.75, 3.05) is 6.61 Å². The zero-order valence-corrected chi connectivity index (χ0v) is 15.1. The Kier molecular flexibility index (Phi) is 4.15. The quantitative estimate of drug-likeness (QED) is 0.665. The highest BCUT2D eigenvalue weighted by molar-refractivity contribution is 7.90. The maximum absolute atomic E-state index is 12.6. The molecule has 0 fully saturated rings. The van der Waals surface area contributed by atoms with E-state index in [-0.39, 0.29) is 28.7 Å². The summed E-state index contributed by atoms with van der Waals surface area (Å²) in [6, 6.07) is 13.2. The molecule has 1 aliphatic rings. The van der Waals surface area contributed by atoms with Crippen molar-refractivity contribution in [2.24, 2.45) is 0 Å². The van der Waals surface area contributed by atoms with Crippen LogP contribution in [0.3, 0.4) is 0 Å². The number of carbonyl (C=O) groups is 1. The molecule has 4 rings (SSSR count). The fourth-order valence-corrected chi connectivity index (χ4v) is 4.39. The van der Waals surface area contributed by atoms with Crippen LogP contribution in [0.5, 0.6) is 5.75 Å². The van der Waals surface area contributed by atoms with Gasteiger partial charge in [0.1, 0.15) is 17.2 Å². The molecule has 0 N–H and O–H groups in total. The highest BCUT2D eigenvalue weighted by atomic mass is 32.2. The maximum Gasteiger partial charge on any atom is 0.269 e. The van der Waals surface area contributed by atoms with E-state index in [1.54, 1.807) is 30.3 Å². The Labute approximate surface area is 155 Å². The second kappa shape index (κ2) is 6.51. The summed E-state index contributed by atoms with van der Waals surface area (Å²) in [7, 11) is -3.93. The molecular formula is C18H15N3O5S. The second-order valence-electron chi connectivity index (χ2n) is 5.75. The first-order valence-electron chi connectivity index (χ1n) is 8.23. The van der Waals surface area contributed by atoms with E-state index in [0.717, 1.165) is 4.31 Å². The zero-order chi connectivity index (χ0) is 19.0. The van der Waals surface area contributed by atoms with Crippen molar-refractivity contribution in [1.82, 2.24) is 14.4 Å². The van der Waals surface area contributed by atoms with E-state index in [2.05, 4.69) is 10.1 Å². The molecule has 8 nitrogen and oxygen atoms in total. The average molecular weight is 385 g/mol. The van der Waals surface area contributed by atoms with Gasteiger partial charge in [0.15, 0.2) is 0 Å². The molecule has 1 aliphatic heterocycles. The van der Waals surface area contributed by atoms with Crippen LogP contribution in [0.15, 0.2) is 57.9 Å². The number of ether oxygens (including phenoxy) is 1. The van der Waals surface area contributed by atoms with E-state index in [1.165, 1.54) is 12.1 Å². The van der Waals surface area contributed by atoms with Gasteiger partial charge in [-0.15, -0.1) is 0 Å². The van der Waals surface area contributed by atoms with Gasteiger partial charge in [-0.3, -0.25) is 4.79 Å². The highest BCUT2D eigenvalue weighted by Gasteiger charge is 2.41. The molecule has 3 aromatic rings. The Hall–Kier alpha value is -3.20. The van der Waals surface area contributed by atoms with Crippen molar-refractivity contribution < 1.29 is 22.5 Å². The van der Waals surface area contributed by atoms with E-state index < -0.39 is 15.9 Å². The van der Waals surface area contributed by atoms with Crippen molar-refractivity contribution in [3.05, 3.63) is 60.0 Å². The summed E-state index contributed by atoms with van der Waals surface area (Å²) in [5.74, 6) is 0.251. The van der Waals surface area contributed by atoms with Crippen molar-refractivity contribution >= 4 is 15.9 Å². The number of para-hydroxylation sites is 1. The van der Waals surface area contributed by atoms with E-state index in [9.17, 15) is 13.2 Å². The number of nitrogens with zero attached hydrogens (tertiary/aromatic N) is 3. The lowest BCUT2D eigenvalue weighted by molar-refractivity contribution is 0.0855. The Morgan fingerprint density at radius 1 is 1.07 bits per heavy atom. The SMILES string of the molecule is CCOc1ccccc1-c1noc(CN2C(=O)c3ccccc3S2(=O)=O)n1. The first-order valence-corrected chi connectivity index (χ1v) is 9.67. The lowest BCUT2D eigenvalue weighted by atomic mass is 10.2. The number of benzene rings is 2. The van der Waals surface area contributed by atoms with Crippen molar-refractivity contribution in [1.29, 1.82) is 0 Å². The summed E-state index contributed by atoms with van der Waals surface area (Å²) in [5, 5.41) is 3.89. The molecule has 0 aliphatic carbocycles. The smallest absolute Gasteiger partial charge is 0.269 e. The molecule has 27 heavy (non-hydrogen) atoms. The second-order valence-corrected chi connectivity index (χ2v) is 7.58. The molecule has 0 bridgehead atoms. The third-order valence-corrected chi connectivity index (χ3v) is 5.87. The maximum atomic E-state index is 12.6. The van der Waals surface area contributed by atoms with Crippen LogP contribution in [0.1, 0.15) is 23.2 Å². The van der Waals surface area contributed by atoms with Gasteiger partial charge in [0.05, 0.1) is 17.7 Å². The van der Waals surface area contributed by atoms with Crippen molar-refractivity contribution in [3.63, 3.8) is 0 Å². The number of hydrogen-bond acceptors (Lipinski definition) is 7. The number of amides is 1. The van der Waals surface area contributed by atoms with Crippen LogP contribution in [0.25, 0.3) is 11.4 Å². The topological polar surface area (TPSA) is 103 Å². The van der Waals surface area contributed by atoms with E-state index >= 15 is 0 Å². The van der Waals surface area contributed by atoms with E-state index in [0.29, 0.717) is 17.9 Å². The van der Waals surface area contributed by atoms with Crippen LogP contribution in [0.4, 0.5) is 0 Å². The van der Waals surface area contributed by atoms with Gasteiger partial charge < -0.3 is 9.26 Å². The number of carbonyl (C=O) groups excluding carboxylic acids is 1. The molecule has 2 heterocycles. The van der Waals surface area contributed by atoms with Crippen LogP contribution in [0, 0.1) is 0 Å². The van der Waals surface area contributed by atoms with E-state index in [4.69, 9.17) is 9.26 Å². The first kappa shape index (κ1) is 17.2. The third kappa shape index (κ3) is 2.85. The molecule has 0 saturated carbocycles. The minimum absolute atomic E-state index is 0.0148. The van der Waals surface area contributed by atoms with Gasteiger partial charge in [0.25, 0.3) is 15.9 Å². The van der Waals surface area contributed by atoms with Crippen LogP contribution >= 0.6 is 0 Å². The Morgan fingerprint density at radius 2 is 1.78 bits per heavy atom. The molecule has 0 radical (unpaired) electrons. The van der Waals surface area contributed by atoms with Crippen LogP contribution < -0.4 is 4.74 Å². The Bertz CT molecular complexity index is 1120. The molecular weight excluding hydrogens is 370 g/mol. The Balaban J connectivity index is 1.64. The zero-order valence-electron chi connectivity index (χ0n) is 14.3. The van der Waals surface area contributed by atoms with Gasteiger partial charge in [-0.05, 0) is 31.2 Å². The molecule has 1 amide bonds. The lowest BCUT2D eigenvalue weighted by Crippen LogP contribution is -2.29. The summed E-state index contributed by atoms with van der Waals surface area (Å²) in [4.78, 5) is 16.7. The van der Waals surface area contributed by atoms with Crippen LogP contribution in [0.2, 0.25) is 0 Å². The summed E-state index contributed by atoms with van der Waals surface area (Å²) < 4.78 is 36.7. The molecule has 0 unspecified atom stereocenters. The minimum atomic E-state index is -3.93. The first-order chi connectivity index (χ1) is 13.0. The van der Waals surface area contributed by atoms with Crippen molar-refractivity contribution in [2.45, 2.75) is 18.4 Å². The van der Waals surface area contributed by atoms with Crippen LogP contribution in [-0.4, -0.2) is 35.4 Å². The standard InChI is InChI=1S/C18H15N3O5S/c1-2-25-14-9-5-3-7-12(14)17-19-16(26-20-17)11-21-18(22)13-8-4-6-10-15(13)27(21,23)24/h3-10H,2,11H2,1H3. The number of rotatable bonds is 5. The van der Waals surface area contributed by atoms with Gasteiger partial charge in [0.2, 0.25) is 11.7 Å². The summed E-state index contributed by atoms with van der Waals surface area (Å²) in [6.45, 7) is 2.00. The highest BCUT2D eigenvalue weighted by Crippen LogP contribution is 2.32. The van der Waals surface area contributed by atoms with Crippen molar-refractivity contribution in [3.8, 4) is 17.1 Å². The largest absolute Gasteiger partial charge is 0.493 e. The normalized spacial score (nSPS) is 15.0. The predicted molar refractivity (Wildman–Crippen MR) is 94.4 cm³/mol. The number of fused-ring (bicyclic) bond motifs is 1. The fourth-order valence-electron chi connectivity index (χ4n) is 2.87. The minimum Gasteiger partial charge on any atom is -0.493 e. The number of hydrogen-bond donors (Lipinski definition) is 0. The van der Waals surface area contributed by atoms with Gasteiger partial charge in [-0.2, -0.15) is 4.98 Å². The van der Waals surface area contributed by atoms with Gasteiger partial charge in [-0.25, -0.2) is 12.7 Å². The van der Waals surface area contributed by atoms with Gasteiger partial charge in [0, 0.05) is 0 Å². The molecule has 9 heteroatoms. The monoisotopic (exact) mass is 385 g/mol. The molecule has 0 saturated heterocycles. The van der Waals surface area contributed by atoms with E-state index in [1.807, 2.05) is 13.0 Å². The summed E-state index contributed by atoms with van der Waals surface area (Å²) >= 11 is 0. The molecule has 138 valence electrons. The summed E-state index contributed by atoms with van der Waals surface area (Å²) in [6.07, 6.45) is 0. The van der Waals surface area contributed by atoms with Gasteiger partial charge in [-0.1, -0.05) is 29.4 Å². The third-order valence-electron chi connectivity index (χ3n) is 4.09. The van der Waals surface area contributed by atoms with Crippen LogP contribution in [-0.2, 0) is 16.6 Å². The average Bonchev–Trinajstić information content (AvgIpc) is 3.21. The fraction of sp³-hybridized carbons (Fsp3) is 0.167.